The number of methoxy groups -OCH3 is 1. The lowest BCUT2D eigenvalue weighted by Crippen LogP contribution is -2.28. The number of amides is 1. The van der Waals surface area contributed by atoms with Crippen LogP contribution < -0.4 is 16.4 Å². The molecule has 0 aliphatic heterocycles. The fraction of sp³-hybridized carbons (Fsp3) is 0.500. The Hall–Kier alpha value is -1.89. The maximum absolute atomic E-state index is 11.3. The number of carbonyl (C=O) groups is 1. The number of hydrogen-bond donors (Lipinski definition) is 3. The molecule has 94 valence electrons. The van der Waals surface area contributed by atoms with Gasteiger partial charge in [-0.1, -0.05) is 0 Å². The molecule has 1 rings (SSSR count). The van der Waals surface area contributed by atoms with Crippen molar-refractivity contribution < 1.29 is 9.53 Å². The highest BCUT2D eigenvalue weighted by Gasteiger charge is 2.00. The maximum atomic E-state index is 11.3. The second-order valence-electron chi connectivity index (χ2n) is 3.32. The molecule has 0 unspecified atom stereocenters. The van der Waals surface area contributed by atoms with Crippen LogP contribution in [0.5, 0.6) is 0 Å². The van der Waals surface area contributed by atoms with E-state index in [0.29, 0.717) is 31.9 Å². The second-order valence-corrected chi connectivity index (χ2v) is 3.32. The van der Waals surface area contributed by atoms with E-state index < -0.39 is 0 Å². The topological polar surface area (TPSA) is 102 Å². The first-order chi connectivity index (χ1) is 8.22. The van der Waals surface area contributed by atoms with Crippen LogP contribution in [0.4, 0.5) is 11.8 Å². The minimum atomic E-state index is -0.0309. The highest BCUT2D eigenvalue weighted by Crippen LogP contribution is 2.01. The van der Waals surface area contributed by atoms with Gasteiger partial charge in [0.2, 0.25) is 11.9 Å². The van der Waals surface area contributed by atoms with Gasteiger partial charge < -0.3 is 21.1 Å². The van der Waals surface area contributed by atoms with E-state index in [-0.39, 0.29) is 11.9 Å². The Morgan fingerprint density at radius 2 is 2.35 bits per heavy atom. The zero-order chi connectivity index (χ0) is 12.5. The molecule has 0 aliphatic carbocycles. The van der Waals surface area contributed by atoms with Gasteiger partial charge in [-0.15, -0.1) is 0 Å². The van der Waals surface area contributed by atoms with E-state index in [1.54, 1.807) is 19.4 Å². The lowest BCUT2D eigenvalue weighted by Gasteiger charge is -2.06. The molecule has 7 heteroatoms. The van der Waals surface area contributed by atoms with Crippen molar-refractivity contribution in [2.24, 2.45) is 0 Å². The molecule has 0 atom stereocenters. The Balaban J connectivity index is 2.17. The van der Waals surface area contributed by atoms with E-state index in [9.17, 15) is 4.79 Å². The molecule has 1 amide bonds. The third-order valence-electron chi connectivity index (χ3n) is 1.96. The summed E-state index contributed by atoms with van der Waals surface area (Å²) in [5, 5.41) is 5.70. The fourth-order valence-electron chi connectivity index (χ4n) is 1.16. The Bertz CT molecular complexity index is 358. The van der Waals surface area contributed by atoms with Crippen molar-refractivity contribution in [3.63, 3.8) is 0 Å². The molecular formula is C10H17N5O2. The van der Waals surface area contributed by atoms with Crippen molar-refractivity contribution in [1.82, 2.24) is 15.3 Å². The number of nitrogens with one attached hydrogen (secondary N) is 2. The minimum Gasteiger partial charge on any atom is -0.383 e. The van der Waals surface area contributed by atoms with Crippen molar-refractivity contribution in [2.45, 2.75) is 6.42 Å². The molecule has 0 aliphatic rings. The predicted octanol–water partition coefficient (Wildman–Crippen LogP) is -0.377. The summed E-state index contributed by atoms with van der Waals surface area (Å²) < 4.78 is 4.82. The van der Waals surface area contributed by atoms with Crippen molar-refractivity contribution in [2.75, 3.05) is 37.9 Å². The van der Waals surface area contributed by atoms with Crippen molar-refractivity contribution in [3.05, 3.63) is 12.3 Å². The fourth-order valence-corrected chi connectivity index (χ4v) is 1.16. The number of rotatable bonds is 7. The number of nitrogens with zero attached hydrogens (tertiary/aromatic N) is 2. The van der Waals surface area contributed by atoms with E-state index in [2.05, 4.69) is 20.6 Å². The zero-order valence-corrected chi connectivity index (χ0v) is 9.77. The molecule has 7 nitrogen and oxygen atoms in total. The molecule has 0 saturated heterocycles. The first-order valence-corrected chi connectivity index (χ1v) is 5.30. The smallest absolute Gasteiger partial charge is 0.221 e. The average Bonchev–Trinajstić information content (AvgIpc) is 2.29. The number of hydrogen-bond acceptors (Lipinski definition) is 6. The highest BCUT2D eigenvalue weighted by molar-refractivity contribution is 5.76. The van der Waals surface area contributed by atoms with Crippen LogP contribution in [0.2, 0.25) is 0 Å². The van der Waals surface area contributed by atoms with Crippen LogP contribution in [0.25, 0.3) is 0 Å². The summed E-state index contributed by atoms with van der Waals surface area (Å²) in [6.45, 7) is 1.53. The maximum Gasteiger partial charge on any atom is 0.221 e. The number of aromatic nitrogens is 2. The first-order valence-electron chi connectivity index (χ1n) is 5.30. The molecule has 0 fully saturated rings. The Morgan fingerprint density at radius 1 is 1.53 bits per heavy atom. The predicted molar refractivity (Wildman–Crippen MR) is 64.4 cm³/mol. The van der Waals surface area contributed by atoms with Crippen LogP contribution in [0.15, 0.2) is 12.3 Å². The van der Waals surface area contributed by atoms with Gasteiger partial charge in [0.15, 0.2) is 0 Å². The average molecular weight is 239 g/mol. The van der Waals surface area contributed by atoms with Gasteiger partial charge in [0.1, 0.15) is 5.82 Å². The summed E-state index contributed by atoms with van der Waals surface area (Å²) in [4.78, 5) is 19.0. The SMILES string of the molecule is COCCNC(=O)CCNc1ccnc(N)n1. The van der Waals surface area contributed by atoms with Gasteiger partial charge in [0, 0.05) is 32.8 Å². The van der Waals surface area contributed by atoms with Gasteiger partial charge in [-0.05, 0) is 6.07 Å². The molecule has 1 aromatic heterocycles. The van der Waals surface area contributed by atoms with Crippen LogP contribution in [0.3, 0.4) is 0 Å². The molecular weight excluding hydrogens is 222 g/mol. The summed E-state index contributed by atoms with van der Waals surface area (Å²) in [5.74, 6) is 0.790. The van der Waals surface area contributed by atoms with Gasteiger partial charge >= 0.3 is 0 Å². The molecule has 0 spiro atoms. The third kappa shape index (κ3) is 5.67. The van der Waals surface area contributed by atoms with Crippen LogP contribution >= 0.6 is 0 Å². The number of nitrogens with two attached hydrogens (primary N) is 1. The van der Waals surface area contributed by atoms with Gasteiger partial charge in [-0.25, -0.2) is 4.98 Å². The van der Waals surface area contributed by atoms with E-state index in [1.165, 1.54) is 0 Å². The molecule has 1 aromatic rings. The van der Waals surface area contributed by atoms with Crippen molar-refractivity contribution in [1.29, 1.82) is 0 Å². The standard InChI is InChI=1S/C10H17N5O2/c1-17-7-6-13-9(16)3-5-12-8-2-4-14-10(11)15-8/h2,4H,3,5-7H2,1H3,(H,13,16)(H3,11,12,14,15). The minimum absolute atomic E-state index is 0.0309. The lowest BCUT2D eigenvalue weighted by molar-refractivity contribution is -0.121. The molecule has 1 heterocycles. The van der Waals surface area contributed by atoms with Gasteiger partial charge in [0.25, 0.3) is 0 Å². The number of anilines is 2. The Kier molecular flexibility index (Phi) is 5.73. The Labute approximate surface area is 99.8 Å². The first kappa shape index (κ1) is 13.2. The molecule has 17 heavy (non-hydrogen) atoms. The van der Waals surface area contributed by atoms with Gasteiger partial charge in [-0.3, -0.25) is 4.79 Å². The van der Waals surface area contributed by atoms with E-state index in [1.807, 2.05) is 0 Å². The quantitative estimate of drug-likeness (QED) is 0.561. The number of carbonyl (C=O) groups excluding carboxylic acids is 1. The Morgan fingerprint density at radius 3 is 3.06 bits per heavy atom. The summed E-state index contributed by atoms with van der Waals surface area (Å²) in [7, 11) is 1.59. The zero-order valence-electron chi connectivity index (χ0n) is 9.77. The molecule has 0 radical (unpaired) electrons. The normalized spacial score (nSPS) is 9.94. The number of nitrogen functional groups attached to an aromatic ring is 1. The van der Waals surface area contributed by atoms with E-state index in [0.717, 1.165) is 0 Å². The van der Waals surface area contributed by atoms with Crippen LogP contribution in [0.1, 0.15) is 6.42 Å². The monoisotopic (exact) mass is 239 g/mol. The van der Waals surface area contributed by atoms with Crippen molar-refractivity contribution in [3.8, 4) is 0 Å². The highest BCUT2D eigenvalue weighted by atomic mass is 16.5. The van der Waals surface area contributed by atoms with Gasteiger partial charge in [0.05, 0.1) is 6.61 Å². The summed E-state index contributed by atoms with van der Waals surface area (Å²) in [5.41, 5.74) is 5.42. The van der Waals surface area contributed by atoms with Crippen LogP contribution in [-0.4, -0.2) is 42.7 Å². The summed E-state index contributed by atoms with van der Waals surface area (Å²) in [6, 6.07) is 1.69. The van der Waals surface area contributed by atoms with E-state index in [4.69, 9.17) is 10.5 Å². The van der Waals surface area contributed by atoms with Gasteiger partial charge in [-0.2, -0.15) is 4.98 Å². The molecule has 0 bridgehead atoms. The molecule has 4 N–H and O–H groups in total. The summed E-state index contributed by atoms with van der Waals surface area (Å²) >= 11 is 0. The van der Waals surface area contributed by atoms with Crippen molar-refractivity contribution >= 4 is 17.7 Å². The largest absolute Gasteiger partial charge is 0.383 e. The lowest BCUT2D eigenvalue weighted by atomic mass is 10.4. The second kappa shape index (κ2) is 7.39. The number of ether oxygens (including phenoxy) is 1. The molecule has 0 saturated carbocycles. The molecule has 0 aromatic carbocycles. The third-order valence-corrected chi connectivity index (χ3v) is 1.96. The van der Waals surface area contributed by atoms with Crippen LogP contribution in [0, 0.1) is 0 Å². The van der Waals surface area contributed by atoms with Crippen LogP contribution in [-0.2, 0) is 9.53 Å². The summed E-state index contributed by atoms with van der Waals surface area (Å²) in [6.07, 6.45) is 1.93. The van der Waals surface area contributed by atoms with E-state index >= 15 is 0 Å².